The Labute approximate surface area is 360 Å². The minimum Gasteiger partial charge on any atom is -0.311 e. The highest BCUT2D eigenvalue weighted by atomic mass is 15.1. The summed E-state index contributed by atoms with van der Waals surface area (Å²) in [5, 5.41) is 2.41. The Morgan fingerprint density at radius 2 is 0.694 bits per heavy atom. The Kier molecular flexibility index (Phi) is 9.45. The predicted molar refractivity (Wildman–Crippen MR) is 256 cm³/mol. The second-order valence-electron chi connectivity index (χ2n) is 15.3. The zero-order valence-electron chi connectivity index (χ0n) is 33.8. The molecule has 0 fully saturated rings. The van der Waals surface area contributed by atoms with Crippen molar-refractivity contribution in [2.24, 2.45) is 0 Å². The van der Waals surface area contributed by atoms with E-state index in [1.54, 1.807) is 0 Å². The molecule has 0 spiro atoms. The molecule has 0 aliphatic rings. The van der Waals surface area contributed by atoms with E-state index < -0.39 is 0 Å². The lowest BCUT2D eigenvalue weighted by molar-refractivity contribution is 1.07. The third-order valence-corrected chi connectivity index (χ3v) is 11.5. The molecule has 9 aromatic carbocycles. The van der Waals surface area contributed by atoms with Gasteiger partial charge in [-0.05, 0) is 83.4 Å². The zero-order valence-corrected chi connectivity index (χ0v) is 33.8. The monoisotopic (exact) mass is 793 g/mol. The van der Waals surface area contributed by atoms with Crippen molar-refractivity contribution in [1.82, 2.24) is 19.5 Å². The molecule has 0 amide bonds. The molecule has 0 bridgehead atoms. The maximum absolute atomic E-state index is 4.99. The van der Waals surface area contributed by atoms with E-state index in [-0.39, 0.29) is 0 Å². The SMILES string of the molecule is c1ccc(-c2ccc(N(c3ccccc3)c3ccc(-c4cccc5c6ccccc6n(-c6ccc(-c7nc(-c8ccccc8)nc(-c8ccccc8)n7)cc6)c45)cc3)cc2)cc1. The van der Waals surface area contributed by atoms with Gasteiger partial charge in [-0.1, -0.05) is 170 Å². The number of nitrogens with zero attached hydrogens (tertiary/aromatic N) is 5. The third kappa shape index (κ3) is 6.87. The summed E-state index contributed by atoms with van der Waals surface area (Å²) in [5.74, 6) is 1.91. The quantitative estimate of drug-likeness (QED) is 0.146. The van der Waals surface area contributed by atoms with E-state index in [0.29, 0.717) is 17.5 Å². The van der Waals surface area contributed by atoms with Crippen LogP contribution in [0.15, 0.2) is 237 Å². The van der Waals surface area contributed by atoms with Gasteiger partial charge < -0.3 is 9.47 Å². The first-order valence-corrected chi connectivity index (χ1v) is 20.9. The van der Waals surface area contributed by atoms with Gasteiger partial charge in [0.2, 0.25) is 0 Å². The normalized spacial score (nSPS) is 11.2. The molecule has 11 rings (SSSR count). The molecule has 0 saturated carbocycles. The van der Waals surface area contributed by atoms with E-state index in [1.807, 2.05) is 60.7 Å². The summed E-state index contributed by atoms with van der Waals surface area (Å²) in [7, 11) is 0. The van der Waals surface area contributed by atoms with E-state index in [4.69, 9.17) is 15.0 Å². The van der Waals surface area contributed by atoms with Crippen LogP contribution in [-0.4, -0.2) is 19.5 Å². The molecule has 11 aromatic rings. The molecule has 0 aliphatic heterocycles. The van der Waals surface area contributed by atoms with Gasteiger partial charge in [0.25, 0.3) is 0 Å². The molecule has 0 radical (unpaired) electrons. The van der Waals surface area contributed by atoms with E-state index in [1.165, 1.54) is 21.9 Å². The largest absolute Gasteiger partial charge is 0.311 e. The lowest BCUT2D eigenvalue weighted by Crippen LogP contribution is -2.09. The van der Waals surface area contributed by atoms with Crippen LogP contribution in [0.25, 0.3) is 83.9 Å². The van der Waals surface area contributed by atoms with E-state index >= 15 is 0 Å². The molecule has 5 heteroatoms. The Balaban J connectivity index is 0.989. The first-order chi connectivity index (χ1) is 30.7. The van der Waals surface area contributed by atoms with Crippen LogP contribution < -0.4 is 4.90 Å². The topological polar surface area (TPSA) is 46.8 Å². The molecule has 292 valence electrons. The number of hydrogen-bond donors (Lipinski definition) is 0. The second kappa shape index (κ2) is 16.0. The van der Waals surface area contributed by atoms with Crippen LogP contribution in [0.5, 0.6) is 0 Å². The molecule has 5 nitrogen and oxygen atoms in total. The molecule has 0 aliphatic carbocycles. The Bertz CT molecular complexity index is 3230. The highest BCUT2D eigenvalue weighted by Gasteiger charge is 2.19. The van der Waals surface area contributed by atoms with Crippen LogP contribution in [0.3, 0.4) is 0 Å². The van der Waals surface area contributed by atoms with Crippen LogP contribution >= 0.6 is 0 Å². The van der Waals surface area contributed by atoms with E-state index in [2.05, 4.69) is 185 Å². The predicted octanol–water partition coefficient (Wildman–Crippen LogP) is 14.8. The van der Waals surface area contributed by atoms with Crippen LogP contribution in [-0.2, 0) is 0 Å². The highest BCUT2D eigenvalue weighted by molar-refractivity contribution is 6.13. The molecule has 62 heavy (non-hydrogen) atoms. The molecule has 0 saturated heterocycles. The summed E-state index contributed by atoms with van der Waals surface area (Å²) in [6, 6.07) is 83.0. The van der Waals surface area contributed by atoms with Crippen molar-refractivity contribution in [1.29, 1.82) is 0 Å². The van der Waals surface area contributed by atoms with Gasteiger partial charge in [-0.2, -0.15) is 0 Å². The smallest absolute Gasteiger partial charge is 0.164 e. The maximum Gasteiger partial charge on any atom is 0.164 e. The second-order valence-corrected chi connectivity index (χ2v) is 15.3. The number of para-hydroxylation sites is 3. The van der Waals surface area contributed by atoms with Crippen molar-refractivity contribution < 1.29 is 0 Å². The Morgan fingerprint density at radius 3 is 1.26 bits per heavy atom. The number of anilines is 3. The molecular formula is C57H39N5. The van der Waals surface area contributed by atoms with Crippen molar-refractivity contribution in [3.63, 3.8) is 0 Å². The van der Waals surface area contributed by atoms with Crippen LogP contribution in [0.4, 0.5) is 17.1 Å². The summed E-state index contributed by atoms with van der Waals surface area (Å²) in [6.45, 7) is 0. The Hall–Kier alpha value is -8.41. The van der Waals surface area contributed by atoms with Crippen LogP contribution in [0.2, 0.25) is 0 Å². The fourth-order valence-corrected chi connectivity index (χ4v) is 8.46. The average molecular weight is 794 g/mol. The highest BCUT2D eigenvalue weighted by Crippen LogP contribution is 2.41. The summed E-state index contributed by atoms with van der Waals surface area (Å²) < 4.78 is 2.39. The molecule has 0 unspecified atom stereocenters. The van der Waals surface area contributed by atoms with Gasteiger partial charge >= 0.3 is 0 Å². The standard InChI is InChI=1S/C57H39N5/c1-5-16-40(17-6-1)41-28-34-47(35-29-41)61(46-22-11-4-12-23-46)48-36-30-42(31-37-48)50-25-15-26-52-51-24-13-14-27-53(51)62(54(50)52)49-38-32-45(33-39-49)57-59-55(43-18-7-2-8-19-43)58-56(60-57)44-20-9-3-10-21-44/h1-39H. The van der Waals surface area contributed by atoms with Crippen molar-refractivity contribution in [3.05, 3.63) is 237 Å². The number of hydrogen-bond acceptors (Lipinski definition) is 4. The molecule has 2 heterocycles. The summed E-state index contributed by atoms with van der Waals surface area (Å²) in [5.41, 5.74) is 14.1. The molecule has 2 aromatic heterocycles. The first-order valence-electron chi connectivity index (χ1n) is 20.9. The van der Waals surface area contributed by atoms with Crippen molar-refractivity contribution >= 4 is 38.9 Å². The zero-order chi connectivity index (χ0) is 41.2. The lowest BCUT2D eigenvalue weighted by atomic mass is 10.0. The van der Waals surface area contributed by atoms with Crippen molar-refractivity contribution in [3.8, 4) is 62.1 Å². The van der Waals surface area contributed by atoms with Gasteiger partial charge in [0.1, 0.15) is 0 Å². The van der Waals surface area contributed by atoms with Crippen LogP contribution in [0, 0.1) is 0 Å². The van der Waals surface area contributed by atoms with Crippen molar-refractivity contribution in [2.45, 2.75) is 0 Å². The summed E-state index contributed by atoms with van der Waals surface area (Å²) in [6.07, 6.45) is 0. The number of benzene rings is 9. The minimum atomic E-state index is 0.629. The fourth-order valence-electron chi connectivity index (χ4n) is 8.46. The lowest BCUT2D eigenvalue weighted by Gasteiger charge is -2.26. The number of aromatic nitrogens is 4. The Morgan fingerprint density at radius 1 is 0.290 bits per heavy atom. The van der Waals surface area contributed by atoms with E-state index in [9.17, 15) is 0 Å². The van der Waals surface area contributed by atoms with Gasteiger partial charge in [0.05, 0.1) is 11.0 Å². The maximum atomic E-state index is 4.99. The number of rotatable bonds is 9. The fraction of sp³-hybridized carbons (Fsp3) is 0. The first kappa shape index (κ1) is 36.7. The van der Waals surface area contributed by atoms with Crippen LogP contribution in [0.1, 0.15) is 0 Å². The van der Waals surface area contributed by atoms with E-state index in [0.717, 1.165) is 61.6 Å². The molecule has 0 N–H and O–H groups in total. The number of fused-ring (bicyclic) bond motifs is 3. The summed E-state index contributed by atoms with van der Waals surface area (Å²) in [4.78, 5) is 17.2. The molecular weight excluding hydrogens is 755 g/mol. The van der Waals surface area contributed by atoms with Gasteiger partial charge in [-0.3, -0.25) is 0 Å². The average Bonchev–Trinajstić information content (AvgIpc) is 3.70. The van der Waals surface area contributed by atoms with Gasteiger partial charge in [-0.15, -0.1) is 0 Å². The van der Waals surface area contributed by atoms with Gasteiger partial charge in [0.15, 0.2) is 17.5 Å². The van der Waals surface area contributed by atoms with Gasteiger partial charge in [-0.25, -0.2) is 15.0 Å². The molecule has 0 atom stereocenters. The van der Waals surface area contributed by atoms with Crippen molar-refractivity contribution in [2.75, 3.05) is 4.90 Å². The summed E-state index contributed by atoms with van der Waals surface area (Å²) >= 11 is 0. The third-order valence-electron chi connectivity index (χ3n) is 11.5. The van der Waals surface area contributed by atoms with Gasteiger partial charge in [0, 0.05) is 55.8 Å². The minimum absolute atomic E-state index is 0.629.